The molecule has 0 unspecified atom stereocenters. The van der Waals surface area contributed by atoms with Gasteiger partial charge < -0.3 is 9.80 Å². The zero-order valence-corrected chi connectivity index (χ0v) is 18.5. The van der Waals surface area contributed by atoms with E-state index in [1.54, 1.807) is 35.0 Å². The number of benzene rings is 2. The van der Waals surface area contributed by atoms with Crippen LogP contribution in [0.2, 0.25) is 0 Å². The van der Waals surface area contributed by atoms with Crippen molar-refractivity contribution < 1.29 is 14.0 Å². The van der Waals surface area contributed by atoms with E-state index in [0.717, 1.165) is 22.4 Å². The molecule has 2 amide bonds. The van der Waals surface area contributed by atoms with E-state index in [1.807, 2.05) is 38.1 Å². The second kappa shape index (κ2) is 8.94. The molecule has 0 bridgehead atoms. The number of likely N-dealkylation sites (N-methyl/N-ethyl adjacent to an activating group) is 1. The van der Waals surface area contributed by atoms with E-state index in [9.17, 15) is 14.0 Å². The zero-order valence-electron chi connectivity index (χ0n) is 18.5. The van der Waals surface area contributed by atoms with E-state index < -0.39 is 6.04 Å². The Labute approximate surface area is 187 Å². The molecule has 2 heterocycles. The van der Waals surface area contributed by atoms with Crippen molar-refractivity contribution in [1.29, 1.82) is 0 Å². The van der Waals surface area contributed by atoms with Crippen molar-refractivity contribution >= 4 is 11.8 Å². The number of hydrogen-bond acceptors (Lipinski definition) is 3. The highest BCUT2D eigenvalue weighted by Crippen LogP contribution is 2.27. The molecule has 166 valence electrons. The highest BCUT2D eigenvalue weighted by atomic mass is 19.1. The summed E-state index contributed by atoms with van der Waals surface area (Å²) in [6, 6.07) is 15.2. The summed E-state index contributed by atoms with van der Waals surface area (Å²) in [5.41, 5.74) is 3.92. The summed E-state index contributed by atoms with van der Waals surface area (Å²) in [5.74, 6) is -0.430. The molecule has 0 saturated carbocycles. The van der Waals surface area contributed by atoms with E-state index in [2.05, 4.69) is 10.2 Å². The van der Waals surface area contributed by atoms with Gasteiger partial charge in [0, 0.05) is 32.3 Å². The maximum absolute atomic E-state index is 13.4. The number of carbonyl (C=O) groups excluding carboxylic acids is 2. The first-order chi connectivity index (χ1) is 15.3. The van der Waals surface area contributed by atoms with E-state index >= 15 is 0 Å². The van der Waals surface area contributed by atoms with E-state index in [-0.39, 0.29) is 23.5 Å². The Kier molecular flexibility index (Phi) is 6.08. The Bertz CT molecular complexity index is 1120. The van der Waals surface area contributed by atoms with Crippen molar-refractivity contribution in [3.05, 3.63) is 77.4 Å². The fourth-order valence-electron chi connectivity index (χ4n) is 4.06. The molecule has 2 aromatic carbocycles. The number of hydrogen-bond donors (Lipinski definition) is 1. The third kappa shape index (κ3) is 4.28. The average Bonchev–Trinajstić information content (AvgIpc) is 3.28. The van der Waals surface area contributed by atoms with Crippen molar-refractivity contribution in [2.75, 3.05) is 20.1 Å². The fraction of sp³-hybridized carbons (Fsp3) is 0.320. The molecule has 32 heavy (non-hydrogen) atoms. The third-order valence-electron chi connectivity index (χ3n) is 6.00. The first kappa shape index (κ1) is 21.7. The van der Waals surface area contributed by atoms with Gasteiger partial charge in [0.1, 0.15) is 17.6 Å². The van der Waals surface area contributed by atoms with E-state index in [1.165, 1.54) is 12.1 Å². The van der Waals surface area contributed by atoms with Crippen molar-refractivity contribution in [3.8, 4) is 11.1 Å². The van der Waals surface area contributed by atoms with Gasteiger partial charge in [-0.15, -0.1) is 0 Å². The molecule has 1 saturated heterocycles. The van der Waals surface area contributed by atoms with Gasteiger partial charge in [0.05, 0.1) is 0 Å². The lowest BCUT2D eigenvalue weighted by molar-refractivity contribution is -0.138. The maximum Gasteiger partial charge on any atom is 0.275 e. The molecule has 0 aliphatic carbocycles. The van der Waals surface area contributed by atoms with Crippen LogP contribution < -0.4 is 0 Å². The summed E-state index contributed by atoms with van der Waals surface area (Å²) in [6.45, 7) is 4.96. The quantitative estimate of drug-likeness (QED) is 0.663. The molecule has 7 heteroatoms. The lowest BCUT2D eigenvalue weighted by atomic mass is 9.93. The normalized spacial score (nSPS) is 16.7. The largest absolute Gasteiger partial charge is 0.342 e. The van der Waals surface area contributed by atoms with Crippen molar-refractivity contribution in [1.82, 2.24) is 20.0 Å². The predicted octanol–water partition coefficient (Wildman–Crippen LogP) is 3.86. The van der Waals surface area contributed by atoms with Crippen LogP contribution in [0.4, 0.5) is 4.39 Å². The van der Waals surface area contributed by atoms with Gasteiger partial charge in [0.15, 0.2) is 0 Å². The number of amides is 2. The number of halogens is 1. The summed E-state index contributed by atoms with van der Waals surface area (Å²) >= 11 is 0. The van der Waals surface area contributed by atoms with Crippen LogP contribution >= 0.6 is 0 Å². The summed E-state index contributed by atoms with van der Waals surface area (Å²) in [6.07, 6.45) is 0.365. The Balaban J connectivity index is 1.66. The second-order valence-electron chi connectivity index (χ2n) is 8.51. The Morgan fingerprint density at radius 3 is 2.56 bits per heavy atom. The summed E-state index contributed by atoms with van der Waals surface area (Å²) < 4.78 is 13.4. The number of rotatable bonds is 5. The van der Waals surface area contributed by atoms with Crippen molar-refractivity contribution in [2.45, 2.75) is 32.2 Å². The first-order valence-electron chi connectivity index (χ1n) is 10.8. The molecule has 0 spiro atoms. The average molecular weight is 435 g/mol. The van der Waals surface area contributed by atoms with Crippen LogP contribution in [-0.2, 0) is 11.2 Å². The van der Waals surface area contributed by atoms with E-state index in [0.29, 0.717) is 25.2 Å². The van der Waals surface area contributed by atoms with Gasteiger partial charge >= 0.3 is 0 Å². The maximum atomic E-state index is 13.4. The number of H-pyrrole nitrogens is 1. The fourth-order valence-corrected chi connectivity index (χ4v) is 4.06. The molecular weight excluding hydrogens is 407 g/mol. The highest BCUT2D eigenvalue weighted by molar-refractivity contribution is 5.97. The second-order valence-corrected chi connectivity index (χ2v) is 8.51. The molecule has 1 N–H and O–H groups in total. The summed E-state index contributed by atoms with van der Waals surface area (Å²) in [5, 5.41) is 7.12. The molecule has 1 atom stereocenters. The lowest BCUT2D eigenvalue weighted by Crippen LogP contribution is -2.58. The van der Waals surface area contributed by atoms with Gasteiger partial charge in [0.2, 0.25) is 5.91 Å². The van der Waals surface area contributed by atoms with E-state index in [4.69, 9.17) is 0 Å². The Morgan fingerprint density at radius 1 is 1.16 bits per heavy atom. The molecule has 6 nitrogen and oxygen atoms in total. The van der Waals surface area contributed by atoms with Gasteiger partial charge in [-0.25, -0.2) is 4.39 Å². The van der Waals surface area contributed by atoms with Crippen LogP contribution in [0.15, 0.2) is 54.6 Å². The molecular formula is C25H27FN4O2. The summed E-state index contributed by atoms with van der Waals surface area (Å²) in [7, 11) is 1.76. The monoisotopic (exact) mass is 434 g/mol. The Hall–Kier alpha value is -3.48. The van der Waals surface area contributed by atoms with Crippen LogP contribution in [0.5, 0.6) is 0 Å². The highest BCUT2D eigenvalue weighted by Gasteiger charge is 2.37. The summed E-state index contributed by atoms with van der Waals surface area (Å²) in [4.78, 5) is 29.7. The van der Waals surface area contributed by atoms with Gasteiger partial charge in [-0.3, -0.25) is 14.7 Å². The smallest absolute Gasteiger partial charge is 0.275 e. The molecule has 1 aliphatic heterocycles. The number of carbonyl (C=O) groups is 2. The van der Waals surface area contributed by atoms with Gasteiger partial charge in [-0.1, -0.05) is 50.2 Å². The van der Waals surface area contributed by atoms with Crippen molar-refractivity contribution in [3.63, 3.8) is 0 Å². The predicted molar refractivity (Wildman–Crippen MR) is 121 cm³/mol. The third-order valence-corrected chi connectivity index (χ3v) is 6.00. The first-order valence-corrected chi connectivity index (χ1v) is 10.8. The van der Waals surface area contributed by atoms with Gasteiger partial charge in [0.25, 0.3) is 5.91 Å². The van der Waals surface area contributed by atoms with Crippen molar-refractivity contribution in [2.24, 2.45) is 0 Å². The lowest BCUT2D eigenvalue weighted by Gasteiger charge is -2.39. The molecule has 3 aromatic rings. The zero-order chi connectivity index (χ0) is 22.8. The van der Waals surface area contributed by atoms with Crippen LogP contribution in [-0.4, -0.2) is 58.0 Å². The minimum atomic E-state index is -0.637. The SMILES string of the molecule is CC(C)c1cc(C(=O)N2CCN(C)C(=O)[C@H]2Cc2ccccc2-c2ccc(F)cc2)n[nH]1. The molecule has 1 fully saturated rings. The van der Waals surface area contributed by atoms with Crippen LogP contribution in [0, 0.1) is 5.82 Å². The number of piperazine rings is 1. The number of aromatic amines is 1. The molecule has 4 rings (SSSR count). The molecule has 1 aromatic heterocycles. The van der Waals surface area contributed by atoms with Crippen LogP contribution in [0.25, 0.3) is 11.1 Å². The topological polar surface area (TPSA) is 69.3 Å². The molecule has 1 aliphatic rings. The molecule has 0 radical (unpaired) electrons. The van der Waals surface area contributed by atoms with Crippen LogP contribution in [0.1, 0.15) is 41.5 Å². The number of nitrogens with zero attached hydrogens (tertiary/aromatic N) is 3. The van der Waals surface area contributed by atoms with Crippen LogP contribution in [0.3, 0.4) is 0 Å². The number of aromatic nitrogens is 2. The van der Waals surface area contributed by atoms with Gasteiger partial charge in [-0.2, -0.15) is 5.10 Å². The minimum absolute atomic E-state index is 0.0990. The Morgan fingerprint density at radius 2 is 1.88 bits per heavy atom. The minimum Gasteiger partial charge on any atom is -0.342 e. The number of nitrogens with one attached hydrogen (secondary N) is 1. The van der Waals surface area contributed by atoms with Gasteiger partial charge in [-0.05, 0) is 40.8 Å². The standard InChI is InChI=1S/C25H27FN4O2/c1-16(2)21-15-22(28-27-21)24(31)30-13-12-29(3)25(32)23(30)14-18-6-4-5-7-20(18)17-8-10-19(26)11-9-17/h4-11,15-16,23H,12-14H2,1-3H3,(H,27,28)/t23-/m1/s1.